The van der Waals surface area contributed by atoms with Gasteiger partial charge in [-0.15, -0.1) is 11.3 Å². The molecule has 0 aliphatic rings. The van der Waals surface area contributed by atoms with Crippen LogP contribution < -0.4 is 4.74 Å². The highest BCUT2D eigenvalue weighted by Crippen LogP contribution is 2.25. The Morgan fingerprint density at radius 2 is 1.96 bits per heavy atom. The van der Waals surface area contributed by atoms with Crippen LogP contribution in [0.5, 0.6) is 5.75 Å². The molecule has 0 aliphatic carbocycles. The van der Waals surface area contributed by atoms with Crippen molar-refractivity contribution < 1.29 is 14.3 Å². The number of thiophene rings is 1. The van der Waals surface area contributed by atoms with Crippen molar-refractivity contribution in [2.75, 3.05) is 6.61 Å². The summed E-state index contributed by atoms with van der Waals surface area (Å²) in [6.07, 6.45) is 0. The number of nitrogens with zero attached hydrogens (tertiary/aromatic N) is 1. The van der Waals surface area contributed by atoms with Crippen LogP contribution in [0.2, 0.25) is 0 Å². The molecule has 0 bridgehead atoms. The molecule has 0 saturated carbocycles. The summed E-state index contributed by atoms with van der Waals surface area (Å²) in [5.41, 5.74) is 4.05. The Morgan fingerprint density at radius 3 is 2.67 bits per heavy atom. The van der Waals surface area contributed by atoms with Crippen LogP contribution in [0.3, 0.4) is 0 Å². The van der Waals surface area contributed by atoms with Gasteiger partial charge in [0.15, 0.2) is 6.61 Å². The standard InChI is InChI=1S/C18H17NO3S2/c1-12-5-13(2)7-16(6-12)21-9-17(20)22-8-15-11-24-18(19-15)14-3-4-23-10-14/h3-7,10-11H,8-9H2,1-2H3. The van der Waals surface area contributed by atoms with Crippen LogP contribution in [0.15, 0.2) is 40.4 Å². The van der Waals surface area contributed by atoms with Gasteiger partial charge in [-0.05, 0) is 48.6 Å². The van der Waals surface area contributed by atoms with E-state index < -0.39 is 5.97 Å². The number of carbonyl (C=O) groups excluding carboxylic acids is 1. The van der Waals surface area contributed by atoms with Gasteiger partial charge < -0.3 is 9.47 Å². The van der Waals surface area contributed by atoms with Crippen molar-refractivity contribution in [2.45, 2.75) is 20.5 Å². The number of carbonyl (C=O) groups is 1. The van der Waals surface area contributed by atoms with E-state index in [1.165, 1.54) is 0 Å². The van der Waals surface area contributed by atoms with Crippen molar-refractivity contribution in [2.24, 2.45) is 0 Å². The number of benzene rings is 1. The van der Waals surface area contributed by atoms with Gasteiger partial charge in [0.1, 0.15) is 17.4 Å². The third kappa shape index (κ3) is 4.43. The molecule has 24 heavy (non-hydrogen) atoms. The number of rotatable bonds is 6. The second-order valence-electron chi connectivity index (χ2n) is 5.43. The zero-order valence-electron chi connectivity index (χ0n) is 13.4. The van der Waals surface area contributed by atoms with E-state index in [0.717, 1.165) is 27.4 Å². The predicted molar refractivity (Wildman–Crippen MR) is 96.6 cm³/mol. The summed E-state index contributed by atoms with van der Waals surface area (Å²) in [5.74, 6) is 0.275. The van der Waals surface area contributed by atoms with Gasteiger partial charge in [0.05, 0.1) is 5.69 Å². The van der Waals surface area contributed by atoms with E-state index >= 15 is 0 Å². The minimum absolute atomic E-state index is 0.107. The average Bonchev–Trinajstić information content (AvgIpc) is 3.20. The first-order valence-corrected chi connectivity index (χ1v) is 9.26. The predicted octanol–water partition coefficient (Wildman–Crippen LogP) is 4.61. The van der Waals surface area contributed by atoms with E-state index in [4.69, 9.17) is 9.47 Å². The fourth-order valence-electron chi connectivity index (χ4n) is 2.25. The molecule has 0 spiro atoms. The highest BCUT2D eigenvalue weighted by atomic mass is 32.1. The van der Waals surface area contributed by atoms with Crippen molar-refractivity contribution in [3.8, 4) is 16.3 Å². The van der Waals surface area contributed by atoms with Crippen LogP contribution in [0.4, 0.5) is 0 Å². The third-order valence-corrected chi connectivity index (χ3v) is 4.88. The molecule has 0 radical (unpaired) electrons. The normalized spacial score (nSPS) is 10.6. The molecular weight excluding hydrogens is 342 g/mol. The number of thiazole rings is 1. The molecule has 0 amide bonds. The molecular formula is C18H17NO3S2. The lowest BCUT2D eigenvalue weighted by atomic mass is 10.1. The van der Waals surface area contributed by atoms with E-state index in [0.29, 0.717) is 5.75 Å². The van der Waals surface area contributed by atoms with Gasteiger partial charge in [0.25, 0.3) is 0 Å². The summed E-state index contributed by atoms with van der Waals surface area (Å²) in [4.78, 5) is 16.3. The fraction of sp³-hybridized carbons (Fsp3) is 0.222. The van der Waals surface area contributed by atoms with Gasteiger partial charge in [-0.25, -0.2) is 9.78 Å². The van der Waals surface area contributed by atoms with Crippen molar-refractivity contribution in [1.82, 2.24) is 4.98 Å². The highest BCUT2D eigenvalue weighted by Gasteiger charge is 2.09. The van der Waals surface area contributed by atoms with E-state index in [9.17, 15) is 4.79 Å². The second-order valence-corrected chi connectivity index (χ2v) is 7.07. The smallest absolute Gasteiger partial charge is 0.344 e. The zero-order valence-corrected chi connectivity index (χ0v) is 15.1. The lowest BCUT2D eigenvalue weighted by Gasteiger charge is -2.08. The number of hydrogen-bond donors (Lipinski definition) is 0. The van der Waals surface area contributed by atoms with Gasteiger partial charge in [-0.2, -0.15) is 11.3 Å². The molecule has 6 heteroatoms. The molecule has 0 fully saturated rings. The van der Waals surface area contributed by atoms with Crippen LogP contribution in [-0.4, -0.2) is 17.6 Å². The van der Waals surface area contributed by atoms with E-state index in [1.54, 1.807) is 22.7 Å². The number of aryl methyl sites for hydroxylation is 2. The maximum absolute atomic E-state index is 11.8. The van der Waals surface area contributed by atoms with E-state index in [2.05, 4.69) is 11.1 Å². The highest BCUT2D eigenvalue weighted by molar-refractivity contribution is 7.14. The Balaban J connectivity index is 1.49. The van der Waals surface area contributed by atoms with Gasteiger partial charge in [0.2, 0.25) is 0 Å². The molecule has 0 unspecified atom stereocenters. The Morgan fingerprint density at radius 1 is 1.17 bits per heavy atom. The van der Waals surface area contributed by atoms with Gasteiger partial charge in [-0.1, -0.05) is 6.07 Å². The van der Waals surface area contributed by atoms with Gasteiger partial charge in [0, 0.05) is 16.3 Å². The topological polar surface area (TPSA) is 48.4 Å². The van der Waals surface area contributed by atoms with Crippen LogP contribution in [0.25, 0.3) is 10.6 Å². The number of hydrogen-bond acceptors (Lipinski definition) is 6. The SMILES string of the molecule is Cc1cc(C)cc(OCC(=O)OCc2csc(-c3ccsc3)n2)c1. The molecule has 3 rings (SSSR count). The van der Waals surface area contributed by atoms with Crippen LogP contribution in [-0.2, 0) is 16.1 Å². The van der Waals surface area contributed by atoms with Gasteiger partial charge in [-0.3, -0.25) is 0 Å². The lowest BCUT2D eigenvalue weighted by Crippen LogP contribution is -2.15. The van der Waals surface area contributed by atoms with Gasteiger partial charge >= 0.3 is 5.97 Å². The minimum atomic E-state index is -0.403. The first kappa shape index (κ1) is 16.7. The number of esters is 1. The molecule has 4 nitrogen and oxygen atoms in total. The summed E-state index contributed by atoms with van der Waals surface area (Å²) in [7, 11) is 0. The molecule has 2 aromatic heterocycles. The average molecular weight is 359 g/mol. The summed E-state index contributed by atoms with van der Waals surface area (Å²) in [6, 6.07) is 7.87. The Bertz CT molecular complexity index is 804. The first-order valence-electron chi connectivity index (χ1n) is 7.44. The molecule has 1 aromatic carbocycles. The monoisotopic (exact) mass is 359 g/mol. The Hall–Kier alpha value is -2.18. The molecule has 0 saturated heterocycles. The van der Waals surface area contributed by atoms with Crippen molar-refractivity contribution in [3.05, 3.63) is 57.2 Å². The zero-order chi connectivity index (χ0) is 16.9. The molecule has 2 heterocycles. The van der Waals surface area contributed by atoms with Crippen molar-refractivity contribution in [3.63, 3.8) is 0 Å². The summed E-state index contributed by atoms with van der Waals surface area (Å²) in [5, 5.41) is 6.91. The molecule has 3 aromatic rings. The first-order chi connectivity index (χ1) is 11.6. The van der Waals surface area contributed by atoms with E-state index in [-0.39, 0.29) is 13.2 Å². The van der Waals surface area contributed by atoms with Crippen molar-refractivity contribution in [1.29, 1.82) is 0 Å². The molecule has 0 aliphatic heterocycles. The summed E-state index contributed by atoms with van der Waals surface area (Å²) < 4.78 is 10.7. The maximum Gasteiger partial charge on any atom is 0.344 e. The number of aromatic nitrogens is 1. The Labute approximate surface area is 148 Å². The van der Waals surface area contributed by atoms with Crippen molar-refractivity contribution >= 4 is 28.6 Å². The fourth-order valence-corrected chi connectivity index (χ4v) is 3.76. The second kappa shape index (κ2) is 7.59. The molecule has 124 valence electrons. The summed E-state index contributed by atoms with van der Waals surface area (Å²) in [6.45, 7) is 4.04. The molecule has 0 N–H and O–H groups in total. The van der Waals surface area contributed by atoms with E-state index in [1.807, 2.05) is 48.2 Å². The van der Waals surface area contributed by atoms with Crippen LogP contribution in [0, 0.1) is 13.8 Å². The lowest BCUT2D eigenvalue weighted by molar-refractivity contribution is -0.147. The summed E-state index contributed by atoms with van der Waals surface area (Å²) >= 11 is 3.18. The quantitative estimate of drug-likeness (QED) is 0.603. The maximum atomic E-state index is 11.8. The third-order valence-electron chi connectivity index (χ3n) is 3.25. The van der Waals surface area contributed by atoms with Crippen LogP contribution in [0.1, 0.15) is 16.8 Å². The largest absolute Gasteiger partial charge is 0.482 e. The minimum Gasteiger partial charge on any atom is -0.482 e. The molecule has 0 atom stereocenters. The Kier molecular flexibility index (Phi) is 5.27. The van der Waals surface area contributed by atoms with Crippen LogP contribution >= 0.6 is 22.7 Å². The number of ether oxygens (including phenoxy) is 2.